The number of nitrogens with one attached hydrogen (secondary N) is 2. The summed E-state index contributed by atoms with van der Waals surface area (Å²) in [5, 5.41) is 20.6. The van der Waals surface area contributed by atoms with E-state index in [9.17, 15) is 9.90 Å². The van der Waals surface area contributed by atoms with Crippen molar-refractivity contribution in [3.63, 3.8) is 0 Å². The van der Waals surface area contributed by atoms with E-state index in [0.717, 1.165) is 41.9 Å². The largest absolute Gasteiger partial charge is 0.457 e. The molecular weight excluding hydrogens is 470 g/mol. The summed E-state index contributed by atoms with van der Waals surface area (Å²) < 4.78 is 10.1. The van der Waals surface area contributed by atoms with Crippen molar-refractivity contribution in [1.29, 1.82) is 0 Å². The first-order valence-electron chi connectivity index (χ1n) is 12.5. The van der Waals surface area contributed by atoms with E-state index in [2.05, 4.69) is 47.1 Å². The molecular formula is C27H33N7O3. The van der Waals surface area contributed by atoms with Crippen LogP contribution in [0.2, 0.25) is 0 Å². The lowest BCUT2D eigenvalue weighted by atomic mass is 9.82. The molecule has 0 saturated heterocycles. The number of hydrogen-bond acceptors (Lipinski definition) is 7. The van der Waals surface area contributed by atoms with Crippen molar-refractivity contribution >= 4 is 34.5 Å². The van der Waals surface area contributed by atoms with Crippen molar-refractivity contribution in [2.45, 2.75) is 58.6 Å². The molecule has 3 aromatic heterocycles. The Hall–Kier alpha value is -3.92. The molecule has 0 aliphatic heterocycles. The zero-order valence-electron chi connectivity index (χ0n) is 21.8. The number of aliphatic hydroxyl groups excluding tert-OH is 1. The third-order valence-corrected chi connectivity index (χ3v) is 6.55. The van der Waals surface area contributed by atoms with Gasteiger partial charge in [-0.15, -0.1) is 0 Å². The summed E-state index contributed by atoms with van der Waals surface area (Å²) in [6.45, 7) is 8.77. The number of aromatic nitrogens is 5. The van der Waals surface area contributed by atoms with Gasteiger partial charge in [-0.2, -0.15) is 5.10 Å². The summed E-state index contributed by atoms with van der Waals surface area (Å²) in [5.41, 5.74) is 2.79. The summed E-state index contributed by atoms with van der Waals surface area (Å²) in [4.78, 5) is 20.2. The summed E-state index contributed by atoms with van der Waals surface area (Å²) in [6, 6.07) is 11.2. The van der Waals surface area contributed by atoms with Crippen LogP contribution < -0.4 is 15.4 Å². The predicted octanol–water partition coefficient (Wildman–Crippen LogP) is 4.73. The third kappa shape index (κ3) is 5.43. The van der Waals surface area contributed by atoms with Gasteiger partial charge in [-0.05, 0) is 37.0 Å². The lowest BCUT2D eigenvalue weighted by molar-refractivity contribution is -0.114. The van der Waals surface area contributed by atoms with Gasteiger partial charge in [0.1, 0.15) is 17.3 Å². The fourth-order valence-electron chi connectivity index (χ4n) is 4.63. The number of carbonyl (C=O) groups excluding carboxylic acids is 1. The maximum atomic E-state index is 11.3. The van der Waals surface area contributed by atoms with Crippen LogP contribution in [0.4, 0.5) is 17.6 Å². The highest BCUT2D eigenvalue weighted by atomic mass is 16.5. The maximum absolute atomic E-state index is 11.3. The number of aryl methyl sites for hydroxylation is 1. The second kappa shape index (κ2) is 9.51. The highest BCUT2D eigenvalue weighted by molar-refractivity contribution is 5.87. The smallest absolute Gasteiger partial charge is 0.222 e. The average molecular weight is 504 g/mol. The van der Waals surface area contributed by atoms with E-state index in [1.54, 1.807) is 18.3 Å². The van der Waals surface area contributed by atoms with Gasteiger partial charge in [-0.3, -0.25) is 9.48 Å². The number of nitrogens with zero attached hydrogens (tertiary/aromatic N) is 5. The number of ether oxygens (including phenoxy) is 1. The number of imidazole rings is 1. The molecule has 3 heterocycles. The number of pyridine rings is 1. The van der Waals surface area contributed by atoms with Crippen LogP contribution in [0.5, 0.6) is 11.5 Å². The summed E-state index contributed by atoms with van der Waals surface area (Å²) in [7, 11) is 1.94. The minimum absolute atomic E-state index is 0.0688. The normalized spacial score (nSPS) is 17.5. The molecule has 10 heteroatoms. The van der Waals surface area contributed by atoms with E-state index in [4.69, 9.17) is 14.8 Å². The van der Waals surface area contributed by atoms with Gasteiger partial charge in [0.2, 0.25) is 11.9 Å². The predicted molar refractivity (Wildman–Crippen MR) is 142 cm³/mol. The van der Waals surface area contributed by atoms with E-state index in [-0.39, 0.29) is 17.4 Å². The number of carbonyl (C=O) groups is 1. The van der Waals surface area contributed by atoms with Gasteiger partial charge in [0.25, 0.3) is 0 Å². The Morgan fingerprint density at radius 2 is 1.89 bits per heavy atom. The first-order valence-corrected chi connectivity index (χ1v) is 12.5. The molecule has 1 aliphatic carbocycles. The van der Waals surface area contributed by atoms with Gasteiger partial charge in [0.05, 0.1) is 17.1 Å². The molecule has 0 radical (unpaired) electrons. The van der Waals surface area contributed by atoms with Crippen molar-refractivity contribution < 1.29 is 14.6 Å². The molecule has 5 rings (SSSR count). The summed E-state index contributed by atoms with van der Waals surface area (Å²) in [5.74, 6) is 3.31. The number of rotatable bonds is 7. The SMILES string of the molecule is CC(=O)Nc1cc(Oc2ccc3nc(Nc4cc(C(C)(C)C)n(C[C@H]5C[C@@H](O)C5)n4)n(C)c3c2)ccn1. The number of amides is 1. The van der Waals surface area contributed by atoms with Crippen molar-refractivity contribution in [3.8, 4) is 11.5 Å². The van der Waals surface area contributed by atoms with E-state index < -0.39 is 0 Å². The minimum Gasteiger partial charge on any atom is -0.457 e. The number of aliphatic hydroxyl groups is 1. The molecule has 0 bridgehead atoms. The monoisotopic (exact) mass is 503 g/mol. The van der Waals surface area contributed by atoms with E-state index in [1.165, 1.54) is 6.92 Å². The molecule has 1 saturated carbocycles. The van der Waals surface area contributed by atoms with E-state index in [0.29, 0.717) is 29.2 Å². The van der Waals surface area contributed by atoms with E-state index >= 15 is 0 Å². The number of anilines is 3. The standard InChI is InChI=1S/C27H33N7O3/c1-16(35)29-24-13-20(8-9-28-24)37-19-6-7-21-22(12-19)33(5)26(30-21)31-25-14-23(27(2,3)4)34(32-25)15-17-10-18(36)11-17/h6-9,12-14,17-18,36H,10-11,15H2,1-5H3,(H,28,29,35)(H,30,31,32)/t17-,18+. The van der Waals surface area contributed by atoms with Crippen molar-refractivity contribution in [3.05, 3.63) is 48.3 Å². The highest BCUT2D eigenvalue weighted by Gasteiger charge is 2.30. The molecule has 1 aromatic carbocycles. The van der Waals surface area contributed by atoms with Crippen molar-refractivity contribution in [2.75, 3.05) is 10.6 Å². The lowest BCUT2D eigenvalue weighted by Gasteiger charge is -2.32. The Balaban J connectivity index is 1.37. The van der Waals surface area contributed by atoms with Crippen LogP contribution in [-0.2, 0) is 23.8 Å². The minimum atomic E-state index is -0.192. The Morgan fingerprint density at radius 3 is 2.59 bits per heavy atom. The van der Waals surface area contributed by atoms with Crippen molar-refractivity contribution in [1.82, 2.24) is 24.3 Å². The van der Waals surface area contributed by atoms with E-state index in [1.807, 2.05) is 29.8 Å². The second-order valence-electron chi connectivity index (χ2n) is 10.8. The lowest BCUT2D eigenvalue weighted by Crippen LogP contribution is -2.33. The zero-order valence-corrected chi connectivity index (χ0v) is 21.8. The topological polar surface area (TPSA) is 119 Å². The summed E-state index contributed by atoms with van der Waals surface area (Å²) in [6.07, 6.45) is 3.07. The van der Waals surface area contributed by atoms with Gasteiger partial charge in [-0.25, -0.2) is 9.97 Å². The number of hydrogen-bond donors (Lipinski definition) is 3. The third-order valence-electron chi connectivity index (χ3n) is 6.55. The Kier molecular flexibility index (Phi) is 6.36. The highest BCUT2D eigenvalue weighted by Crippen LogP contribution is 2.33. The van der Waals surface area contributed by atoms with Crippen LogP contribution in [0, 0.1) is 5.92 Å². The molecule has 194 valence electrons. The van der Waals surface area contributed by atoms with Gasteiger partial charge in [0, 0.05) is 56.0 Å². The first kappa shape index (κ1) is 24.8. The van der Waals surface area contributed by atoms with Crippen LogP contribution in [0.1, 0.15) is 46.2 Å². The molecule has 1 aliphatic rings. The van der Waals surface area contributed by atoms with Gasteiger partial charge in [-0.1, -0.05) is 20.8 Å². The number of benzene rings is 1. The molecule has 37 heavy (non-hydrogen) atoms. The van der Waals surface area contributed by atoms with Crippen molar-refractivity contribution in [2.24, 2.45) is 13.0 Å². The maximum Gasteiger partial charge on any atom is 0.222 e. The molecule has 0 unspecified atom stereocenters. The zero-order chi connectivity index (χ0) is 26.3. The van der Waals surface area contributed by atoms with Crippen LogP contribution in [0.25, 0.3) is 11.0 Å². The quantitative estimate of drug-likeness (QED) is 0.334. The molecule has 0 spiro atoms. The Morgan fingerprint density at radius 1 is 1.14 bits per heavy atom. The first-order chi connectivity index (χ1) is 17.5. The van der Waals surface area contributed by atoms with Gasteiger partial charge < -0.3 is 25.0 Å². The fourth-order valence-corrected chi connectivity index (χ4v) is 4.63. The molecule has 10 nitrogen and oxygen atoms in total. The number of fused-ring (bicyclic) bond motifs is 1. The van der Waals surface area contributed by atoms with Crippen LogP contribution in [0.3, 0.4) is 0 Å². The Labute approximate surface area is 215 Å². The molecule has 4 aromatic rings. The second-order valence-corrected chi connectivity index (χ2v) is 10.8. The molecule has 0 atom stereocenters. The molecule has 1 amide bonds. The molecule has 3 N–H and O–H groups in total. The van der Waals surface area contributed by atoms with Crippen LogP contribution in [0.15, 0.2) is 42.6 Å². The summed E-state index contributed by atoms with van der Waals surface area (Å²) >= 11 is 0. The van der Waals surface area contributed by atoms with Gasteiger partial charge >= 0.3 is 0 Å². The average Bonchev–Trinajstić information content (AvgIpc) is 3.34. The molecule has 1 fully saturated rings. The fraction of sp³-hybridized carbons (Fsp3) is 0.407. The van der Waals surface area contributed by atoms with Crippen LogP contribution >= 0.6 is 0 Å². The van der Waals surface area contributed by atoms with Crippen LogP contribution in [-0.4, -0.2) is 41.4 Å². The van der Waals surface area contributed by atoms with Gasteiger partial charge in [0.15, 0.2) is 5.82 Å². The Bertz CT molecular complexity index is 1440.